The van der Waals surface area contributed by atoms with Crippen LogP contribution in [0.4, 0.5) is 0 Å². The molecule has 13 heavy (non-hydrogen) atoms. The van der Waals surface area contributed by atoms with Gasteiger partial charge in [-0.15, -0.1) is 0 Å². The Kier molecular flexibility index (Phi) is 4.78. The molecule has 1 fully saturated rings. The fraction of sp³-hybridized carbons (Fsp3) is 0.900. The van der Waals surface area contributed by atoms with E-state index in [1.807, 2.05) is 0 Å². The highest BCUT2D eigenvalue weighted by Gasteiger charge is 2.20. The zero-order valence-corrected chi connectivity index (χ0v) is 9.77. The van der Waals surface area contributed by atoms with Gasteiger partial charge in [0.25, 0.3) is 0 Å². The molecule has 0 aliphatic heterocycles. The van der Waals surface area contributed by atoms with Crippen LogP contribution in [0.2, 0.25) is 0 Å². The van der Waals surface area contributed by atoms with E-state index in [0.717, 1.165) is 24.1 Å². The fourth-order valence-corrected chi connectivity index (χ4v) is 2.68. The third-order valence-corrected chi connectivity index (χ3v) is 3.23. The molecular weight excluding hydrogens is 230 g/mol. The number of carbonyl (C=O) groups is 1. The molecular formula is C10H18BrNO. The van der Waals surface area contributed by atoms with E-state index in [9.17, 15) is 4.79 Å². The van der Waals surface area contributed by atoms with E-state index in [0.29, 0.717) is 6.04 Å². The van der Waals surface area contributed by atoms with Gasteiger partial charge in [-0.1, -0.05) is 15.9 Å². The Morgan fingerprint density at radius 1 is 1.38 bits per heavy atom. The van der Waals surface area contributed by atoms with E-state index in [2.05, 4.69) is 21.2 Å². The van der Waals surface area contributed by atoms with E-state index in [4.69, 9.17) is 0 Å². The summed E-state index contributed by atoms with van der Waals surface area (Å²) in [6, 6.07) is 0.448. The summed E-state index contributed by atoms with van der Waals surface area (Å²) in [5.74, 6) is 0.994. The maximum atomic E-state index is 10.8. The molecule has 0 saturated heterocycles. The monoisotopic (exact) mass is 247 g/mol. The summed E-state index contributed by atoms with van der Waals surface area (Å²) in [6.07, 6.45) is 6.16. The summed E-state index contributed by atoms with van der Waals surface area (Å²) >= 11 is 3.47. The largest absolute Gasteiger partial charge is 0.354 e. The number of nitrogens with one attached hydrogen (secondary N) is 1. The van der Waals surface area contributed by atoms with Gasteiger partial charge in [0.05, 0.1) is 0 Å². The minimum Gasteiger partial charge on any atom is -0.354 e. The van der Waals surface area contributed by atoms with Crippen molar-refractivity contribution >= 4 is 21.8 Å². The lowest BCUT2D eigenvalue weighted by Crippen LogP contribution is -2.36. The highest BCUT2D eigenvalue weighted by Crippen LogP contribution is 2.27. The van der Waals surface area contributed by atoms with Crippen molar-refractivity contribution < 1.29 is 4.79 Å². The van der Waals surface area contributed by atoms with Crippen molar-refractivity contribution in [2.75, 3.05) is 5.33 Å². The minimum atomic E-state index is 0.115. The molecule has 1 aliphatic rings. The maximum Gasteiger partial charge on any atom is 0.217 e. The van der Waals surface area contributed by atoms with Gasteiger partial charge < -0.3 is 5.32 Å². The van der Waals surface area contributed by atoms with Gasteiger partial charge in [-0.05, 0) is 38.0 Å². The molecule has 2 nitrogen and oxygen atoms in total. The summed E-state index contributed by atoms with van der Waals surface area (Å²) in [6.45, 7) is 1.60. The molecule has 0 aromatic heterocycles. The third-order valence-electron chi connectivity index (χ3n) is 2.77. The first-order valence-corrected chi connectivity index (χ1v) is 6.17. The number of halogens is 1. The summed E-state index contributed by atoms with van der Waals surface area (Å²) in [7, 11) is 0. The van der Waals surface area contributed by atoms with Gasteiger partial charge in [0.2, 0.25) is 5.91 Å². The van der Waals surface area contributed by atoms with Gasteiger partial charge in [0, 0.05) is 18.3 Å². The number of amides is 1. The molecule has 1 N–H and O–H groups in total. The Balaban J connectivity index is 2.18. The first-order valence-electron chi connectivity index (χ1n) is 5.05. The Morgan fingerprint density at radius 2 is 2.00 bits per heavy atom. The standard InChI is InChI=1S/C10H18BrNO/c1-8(13)12-10-4-2-9(3-5-10)6-7-11/h9-10H,2-7H2,1H3,(H,12,13). The summed E-state index contributed by atoms with van der Waals surface area (Å²) in [5.41, 5.74) is 0. The van der Waals surface area contributed by atoms with Crippen LogP contribution >= 0.6 is 15.9 Å². The number of hydrogen-bond donors (Lipinski definition) is 1. The highest BCUT2D eigenvalue weighted by molar-refractivity contribution is 9.09. The van der Waals surface area contributed by atoms with Crippen LogP contribution in [0.5, 0.6) is 0 Å². The van der Waals surface area contributed by atoms with Crippen LogP contribution in [-0.4, -0.2) is 17.3 Å². The number of rotatable bonds is 3. The van der Waals surface area contributed by atoms with Crippen LogP contribution in [-0.2, 0) is 4.79 Å². The van der Waals surface area contributed by atoms with Gasteiger partial charge in [-0.2, -0.15) is 0 Å². The second kappa shape index (κ2) is 5.63. The van der Waals surface area contributed by atoms with Crippen molar-refractivity contribution in [3.63, 3.8) is 0 Å². The molecule has 0 bridgehead atoms. The van der Waals surface area contributed by atoms with Crippen LogP contribution in [0.15, 0.2) is 0 Å². The molecule has 0 aromatic rings. The van der Waals surface area contributed by atoms with Gasteiger partial charge in [-0.25, -0.2) is 0 Å². The fourth-order valence-electron chi connectivity index (χ4n) is 2.04. The van der Waals surface area contributed by atoms with Crippen molar-refractivity contribution in [1.29, 1.82) is 0 Å². The van der Waals surface area contributed by atoms with Crippen LogP contribution in [0.3, 0.4) is 0 Å². The quantitative estimate of drug-likeness (QED) is 0.764. The molecule has 1 rings (SSSR count). The predicted octanol–water partition coefficient (Wildman–Crippen LogP) is 2.47. The third kappa shape index (κ3) is 4.12. The van der Waals surface area contributed by atoms with Crippen LogP contribution in [0, 0.1) is 5.92 Å². The number of hydrogen-bond acceptors (Lipinski definition) is 1. The highest BCUT2D eigenvalue weighted by atomic mass is 79.9. The lowest BCUT2D eigenvalue weighted by atomic mass is 9.84. The Bertz CT molecular complexity index is 164. The van der Waals surface area contributed by atoms with Crippen molar-refractivity contribution in [3.05, 3.63) is 0 Å². The Morgan fingerprint density at radius 3 is 2.46 bits per heavy atom. The molecule has 1 saturated carbocycles. The van der Waals surface area contributed by atoms with E-state index >= 15 is 0 Å². The second-order valence-electron chi connectivity index (χ2n) is 3.90. The molecule has 0 radical (unpaired) electrons. The Hall–Kier alpha value is -0.0500. The molecule has 0 atom stereocenters. The zero-order chi connectivity index (χ0) is 9.68. The lowest BCUT2D eigenvalue weighted by molar-refractivity contribution is -0.119. The van der Waals surface area contributed by atoms with Gasteiger partial charge >= 0.3 is 0 Å². The van der Waals surface area contributed by atoms with Crippen LogP contribution < -0.4 is 5.32 Å². The first kappa shape index (κ1) is 11.0. The second-order valence-corrected chi connectivity index (χ2v) is 4.69. The van der Waals surface area contributed by atoms with Crippen molar-refractivity contribution in [3.8, 4) is 0 Å². The molecule has 0 unspecified atom stereocenters. The molecule has 0 heterocycles. The number of carbonyl (C=O) groups excluding carboxylic acids is 1. The minimum absolute atomic E-state index is 0.115. The average molecular weight is 248 g/mol. The van der Waals surface area contributed by atoms with Crippen molar-refractivity contribution in [2.45, 2.75) is 45.1 Å². The van der Waals surface area contributed by atoms with E-state index in [1.54, 1.807) is 6.92 Å². The predicted molar refractivity (Wildman–Crippen MR) is 58.0 cm³/mol. The summed E-state index contributed by atoms with van der Waals surface area (Å²) < 4.78 is 0. The average Bonchev–Trinajstić information content (AvgIpc) is 2.08. The molecule has 0 aromatic carbocycles. The molecule has 76 valence electrons. The molecule has 3 heteroatoms. The van der Waals surface area contributed by atoms with Gasteiger partial charge in [0.15, 0.2) is 0 Å². The van der Waals surface area contributed by atoms with Crippen LogP contribution in [0.1, 0.15) is 39.0 Å². The topological polar surface area (TPSA) is 29.1 Å². The maximum absolute atomic E-state index is 10.8. The molecule has 1 amide bonds. The van der Waals surface area contributed by atoms with Crippen molar-refractivity contribution in [2.24, 2.45) is 5.92 Å². The first-order chi connectivity index (χ1) is 6.22. The van der Waals surface area contributed by atoms with Gasteiger partial charge in [-0.3, -0.25) is 4.79 Å². The zero-order valence-electron chi connectivity index (χ0n) is 8.18. The van der Waals surface area contributed by atoms with Crippen molar-refractivity contribution in [1.82, 2.24) is 5.32 Å². The van der Waals surface area contributed by atoms with Gasteiger partial charge in [0.1, 0.15) is 0 Å². The van der Waals surface area contributed by atoms with E-state index in [-0.39, 0.29) is 5.91 Å². The SMILES string of the molecule is CC(=O)NC1CCC(CCBr)CC1. The van der Waals surface area contributed by atoms with E-state index < -0.39 is 0 Å². The Labute approximate surface area is 88.6 Å². The number of alkyl halides is 1. The van der Waals surface area contributed by atoms with Crippen LogP contribution in [0.25, 0.3) is 0 Å². The normalized spacial score (nSPS) is 28.5. The summed E-state index contributed by atoms with van der Waals surface area (Å²) in [5, 5.41) is 4.11. The molecule has 0 spiro atoms. The van der Waals surface area contributed by atoms with E-state index in [1.165, 1.54) is 19.3 Å². The summed E-state index contributed by atoms with van der Waals surface area (Å²) in [4.78, 5) is 10.8. The lowest BCUT2D eigenvalue weighted by Gasteiger charge is -2.28. The molecule has 1 aliphatic carbocycles. The smallest absolute Gasteiger partial charge is 0.217 e.